The largest absolute Gasteiger partial charge is 0.412 e. The van der Waals surface area contributed by atoms with Crippen molar-refractivity contribution in [2.75, 3.05) is 0 Å². The normalized spacial score (nSPS) is 26.8. The zero-order chi connectivity index (χ0) is 30.0. The van der Waals surface area contributed by atoms with E-state index < -0.39 is 56.5 Å². The third-order valence-corrected chi connectivity index (χ3v) is 8.83. The Labute approximate surface area is 234 Å². The highest BCUT2D eigenvalue weighted by atomic mass is 28.4. The van der Waals surface area contributed by atoms with E-state index in [1.807, 2.05) is 19.6 Å². The maximum Gasteiger partial charge on any atom is 0.269 e. The molecule has 13 heteroatoms. The number of nitro benzene ring substituents is 1. The van der Waals surface area contributed by atoms with Gasteiger partial charge in [0.25, 0.3) is 5.69 Å². The molecule has 0 spiro atoms. The average molecular weight is 602 g/mol. The maximum atomic E-state index is 11.0. The van der Waals surface area contributed by atoms with Crippen LogP contribution in [-0.2, 0) is 29.1 Å². The van der Waals surface area contributed by atoms with Crippen LogP contribution in [0.15, 0.2) is 29.4 Å². The molecule has 0 aliphatic heterocycles. The van der Waals surface area contributed by atoms with E-state index in [-0.39, 0.29) is 18.4 Å². The molecule has 1 aliphatic rings. The molecule has 38 heavy (non-hydrogen) atoms. The summed E-state index contributed by atoms with van der Waals surface area (Å²) in [5.41, 5.74) is 1.15. The summed E-state index contributed by atoms with van der Waals surface area (Å²) < 4.78 is 36.6. The van der Waals surface area contributed by atoms with Crippen molar-refractivity contribution < 1.29 is 28.8 Å². The number of hydrogen-bond donors (Lipinski definition) is 0. The molecule has 0 amide bonds. The molecule has 1 aromatic rings. The Balaban J connectivity index is 2.58. The van der Waals surface area contributed by atoms with Gasteiger partial charge < -0.3 is 22.5 Å². The lowest BCUT2D eigenvalue weighted by atomic mass is 9.88. The summed E-state index contributed by atoms with van der Waals surface area (Å²) in [6.45, 7) is 25.3. The van der Waals surface area contributed by atoms with E-state index in [4.69, 9.17) is 22.5 Å². The van der Waals surface area contributed by atoms with Gasteiger partial charge in [-0.2, -0.15) is 0 Å². The number of non-ortho nitro benzene ring substituents is 1. The van der Waals surface area contributed by atoms with Gasteiger partial charge in [-0.15, -0.1) is 0 Å². The van der Waals surface area contributed by atoms with Gasteiger partial charge in [0.2, 0.25) is 0 Å². The molecule has 0 N–H and O–H groups in total. The molecular formula is C25H48N2O7Si4. The zero-order valence-electron chi connectivity index (χ0n) is 26.2. The van der Waals surface area contributed by atoms with Gasteiger partial charge in [0.15, 0.2) is 33.3 Å². The summed E-state index contributed by atoms with van der Waals surface area (Å²) in [6.07, 6.45) is -2.91. The van der Waals surface area contributed by atoms with Crippen molar-refractivity contribution in [1.29, 1.82) is 0 Å². The van der Waals surface area contributed by atoms with E-state index in [0.29, 0.717) is 12.1 Å². The molecule has 0 radical (unpaired) electrons. The molecule has 0 saturated heterocycles. The first-order valence-electron chi connectivity index (χ1n) is 13.7. The number of oxime groups is 1. The van der Waals surface area contributed by atoms with Crippen molar-refractivity contribution >= 4 is 44.7 Å². The van der Waals surface area contributed by atoms with Crippen LogP contribution >= 0.6 is 0 Å². The van der Waals surface area contributed by atoms with E-state index in [1.165, 1.54) is 12.1 Å². The highest BCUT2D eigenvalue weighted by molar-refractivity contribution is 6.71. The van der Waals surface area contributed by atoms with Crippen molar-refractivity contribution in [2.24, 2.45) is 5.16 Å². The Bertz CT molecular complexity index is 1020. The highest BCUT2D eigenvalue weighted by Gasteiger charge is 2.50. The van der Waals surface area contributed by atoms with Crippen molar-refractivity contribution in [3.8, 4) is 0 Å². The minimum Gasteiger partial charge on any atom is -0.412 e. The van der Waals surface area contributed by atoms with E-state index >= 15 is 0 Å². The molecule has 0 aromatic heterocycles. The lowest BCUT2D eigenvalue weighted by molar-refractivity contribution is -0.384. The molecule has 9 nitrogen and oxygen atoms in total. The molecule has 0 unspecified atom stereocenters. The number of nitro groups is 1. The molecule has 1 aromatic carbocycles. The van der Waals surface area contributed by atoms with Crippen LogP contribution in [-0.4, -0.2) is 68.3 Å². The van der Waals surface area contributed by atoms with Gasteiger partial charge in [0.1, 0.15) is 18.8 Å². The zero-order valence-corrected chi connectivity index (χ0v) is 29.2. The van der Waals surface area contributed by atoms with Crippen LogP contribution in [0.2, 0.25) is 78.6 Å². The number of nitrogens with zero attached hydrogens (tertiary/aromatic N) is 2. The van der Waals surface area contributed by atoms with Crippen molar-refractivity contribution in [2.45, 2.75) is 116 Å². The number of benzene rings is 1. The summed E-state index contributed by atoms with van der Waals surface area (Å²) in [5, 5.41) is 15.5. The first-order chi connectivity index (χ1) is 17.5. The van der Waals surface area contributed by atoms with Gasteiger partial charge in [0.05, 0.1) is 24.2 Å². The van der Waals surface area contributed by atoms with Crippen LogP contribution in [0.3, 0.4) is 0 Å². The molecule has 1 fully saturated rings. The van der Waals surface area contributed by atoms with Crippen LogP contribution in [0.5, 0.6) is 0 Å². The molecule has 216 valence electrons. The molecule has 0 bridgehead atoms. The second-order valence-corrected chi connectivity index (χ2v) is 31.4. The van der Waals surface area contributed by atoms with Crippen LogP contribution in [0.4, 0.5) is 5.69 Å². The van der Waals surface area contributed by atoms with Crippen LogP contribution in [0, 0.1) is 10.1 Å². The van der Waals surface area contributed by atoms with Crippen LogP contribution in [0.25, 0.3) is 0 Å². The van der Waals surface area contributed by atoms with Crippen molar-refractivity contribution in [3.63, 3.8) is 0 Å². The number of hydrogen-bond acceptors (Lipinski definition) is 8. The minimum absolute atomic E-state index is 0.0113. The predicted molar refractivity (Wildman–Crippen MR) is 163 cm³/mol. The summed E-state index contributed by atoms with van der Waals surface area (Å²) >= 11 is 0. The second kappa shape index (κ2) is 12.5. The summed E-state index contributed by atoms with van der Waals surface area (Å²) in [7, 11) is -8.57. The van der Waals surface area contributed by atoms with E-state index in [9.17, 15) is 11.5 Å². The van der Waals surface area contributed by atoms with Crippen LogP contribution < -0.4 is 0 Å². The molecule has 2 rings (SSSR count). The SMILES string of the molecule is [2H][C@@]1(O[Si](C)(C)C)/C(=N/OCc2ccc([N+](=O)[O-])cc2)C[C@@H](O[Si](C)(C)C)[C@H](O[Si](C)(C)C)[C@H]1O[Si](C)(C)C. The topological polar surface area (TPSA) is 102 Å². The standard InChI is InChI=1S/C25H48N2O7Si4/c1-35(2,3)31-22-17-21(26-30-18-19-13-15-20(16-14-19)27(28)29)23(32-36(4,5)6)25(34-38(10,11)12)24(22)33-37(7,8)9/h13-16,22-25H,17-18H2,1-12H3/b26-21+/t22-,23-,24+,25+/m1/s1/i23D. The summed E-state index contributed by atoms with van der Waals surface area (Å²) in [4.78, 5) is 16.3. The first-order valence-corrected chi connectivity index (χ1v) is 26.8. The van der Waals surface area contributed by atoms with Gasteiger partial charge in [0, 0.05) is 18.6 Å². The molecule has 1 saturated carbocycles. The lowest BCUT2D eigenvalue weighted by Gasteiger charge is -2.49. The fraction of sp³-hybridized carbons (Fsp3) is 0.720. The van der Waals surface area contributed by atoms with E-state index in [2.05, 4.69) is 64.1 Å². The fourth-order valence-corrected chi connectivity index (χ4v) is 8.07. The third kappa shape index (κ3) is 11.5. The Morgan fingerprint density at radius 1 is 0.816 bits per heavy atom. The second-order valence-electron chi connectivity index (χ2n) is 13.6. The van der Waals surface area contributed by atoms with E-state index in [0.717, 1.165) is 5.56 Å². The van der Waals surface area contributed by atoms with Gasteiger partial charge in [-0.05, 0) is 96.3 Å². The molecule has 1 aliphatic carbocycles. The fourth-order valence-electron chi connectivity index (χ4n) is 3.95. The Morgan fingerprint density at radius 2 is 1.29 bits per heavy atom. The Hall–Kier alpha value is -1.20. The van der Waals surface area contributed by atoms with Gasteiger partial charge in [-0.1, -0.05) is 5.16 Å². The molecule has 4 atom stereocenters. The number of rotatable bonds is 12. The third-order valence-electron chi connectivity index (χ3n) is 5.05. The predicted octanol–water partition coefficient (Wildman–Crippen LogP) is 6.75. The minimum atomic E-state index is -2.28. The average Bonchev–Trinajstić information content (AvgIpc) is 2.70. The van der Waals surface area contributed by atoms with E-state index in [1.54, 1.807) is 12.1 Å². The molecule has 0 heterocycles. The monoisotopic (exact) mass is 601 g/mol. The smallest absolute Gasteiger partial charge is 0.269 e. The van der Waals surface area contributed by atoms with Gasteiger partial charge >= 0.3 is 0 Å². The first kappa shape index (κ1) is 31.3. The quantitative estimate of drug-likeness (QED) is 0.148. The maximum absolute atomic E-state index is 11.0. The Morgan fingerprint density at radius 3 is 1.74 bits per heavy atom. The van der Waals surface area contributed by atoms with Crippen LogP contribution in [0.1, 0.15) is 13.4 Å². The highest BCUT2D eigenvalue weighted by Crippen LogP contribution is 2.34. The van der Waals surface area contributed by atoms with Crippen molar-refractivity contribution in [3.05, 3.63) is 39.9 Å². The summed E-state index contributed by atoms with van der Waals surface area (Å²) in [6, 6.07) is 6.14. The summed E-state index contributed by atoms with van der Waals surface area (Å²) in [5.74, 6) is 0. The molecular weight excluding hydrogens is 553 g/mol. The van der Waals surface area contributed by atoms with Gasteiger partial charge in [-0.25, -0.2) is 0 Å². The Kier molecular flexibility index (Phi) is 10.3. The van der Waals surface area contributed by atoms with Crippen molar-refractivity contribution in [1.82, 2.24) is 0 Å². The van der Waals surface area contributed by atoms with Gasteiger partial charge in [-0.3, -0.25) is 10.1 Å². The lowest BCUT2D eigenvalue weighted by Crippen LogP contribution is -2.64.